The van der Waals surface area contributed by atoms with E-state index in [0.29, 0.717) is 0 Å². The average molecular weight is 178 g/mol. The molecule has 0 aliphatic carbocycles. The van der Waals surface area contributed by atoms with E-state index >= 15 is 0 Å². The third-order valence-corrected chi connectivity index (χ3v) is 2.01. The molecule has 0 radical (unpaired) electrons. The molecule has 1 aromatic rings. The Kier molecular flexibility index (Phi) is 3.69. The van der Waals surface area contributed by atoms with E-state index in [0.717, 1.165) is 30.4 Å². The number of aryl methyl sites for hydroxylation is 1. The van der Waals surface area contributed by atoms with Gasteiger partial charge in [-0.05, 0) is 37.8 Å². The van der Waals surface area contributed by atoms with Crippen molar-refractivity contribution in [3.05, 3.63) is 47.8 Å². The van der Waals surface area contributed by atoms with Gasteiger partial charge < -0.3 is 0 Å². The molecule has 0 N–H and O–H groups in total. The van der Waals surface area contributed by atoms with Crippen molar-refractivity contribution in [1.29, 1.82) is 0 Å². The molecule has 13 heavy (non-hydrogen) atoms. The van der Waals surface area contributed by atoms with Crippen molar-refractivity contribution in [2.45, 2.75) is 26.2 Å². The fraction of sp³-hybridized carbons (Fsp3) is 0.333. The van der Waals surface area contributed by atoms with Gasteiger partial charge in [0.05, 0.1) is 0 Å². The molecular weight excluding hydrogens is 163 g/mol. The summed E-state index contributed by atoms with van der Waals surface area (Å²) in [6.45, 7) is 5.82. The van der Waals surface area contributed by atoms with Crippen LogP contribution in [0.15, 0.2) is 36.4 Å². The normalized spacial score (nSPS) is 10.0. The molecule has 0 aromatic heterocycles. The first-order valence-electron chi connectivity index (χ1n) is 4.58. The SMILES string of the molecule is C=C(C)CCCc1ccccc1F. The molecule has 0 heterocycles. The highest BCUT2D eigenvalue weighted by molar-refractivity contribution is 5.17. The molecule has 0 saturated carbocycles. The van der Waals surface area contributed by atoms with Gasteiger partial charge in [-0.15, -0.1) is 6.58 Å². The molecule has 0 amide bonds. The minimum Gasteiger partial charge on any atom is -0.207 e. The Hall–Kier alpha value is -1.11. The number of hydrogen-bond acceptors (Lipinski definition) is 0. The van der Waals surface area contributed by atoms with Crippen LogP contribution in [0.5, 0.6) is 0 Å². The topological polar surface area (TPSA) is 0 Å². The Morgan fingerprint density at radius 2 is 2.08 bits per heavy atom. The molecule has 0 fully saturated rings. The summed E-state index contributed by atoms with van der Waals surface area (Å²) in [5.74, 6) is -0.0933. The third-order valence-electron chi connectivity index (χ3n) is 2.01. The van der Waals surface area contributed by atoms with Gasteiger partial charge in [0, 0.05) is 0 Å². The van der Waals surface area contributed by atoms with Crippen LogP contribution in [0, 0.1) is 5.82 Å². The standard InChI is InChI=1S/C12H15F/c1-10(2)6-5-8-11-7-3-4-9-12(11)13/h3-4,7,9H,1,5-6,8H2,2H3. The summed E-state index contributed by atoms with van der Waals surface area (Å²) >= 11 is 0. The average Bonchev–Trinajstić information content (AvgIpc) is 2.08. The molecule has 0 aliphatic rings. The minimum atomic E-state index is -0.0933. The highest BCUT2D eigenvalue weighted by Crippen LogP contribution is 2.11. The fourth-order valence-corrected chi connectivity index (χ4v) is 1.28. The number of allylic oxidation sites excluding steroid dienone is 1. The van der Waals surface area contributed by atoms with Crippen LogP contribution >= 0.6 is 0 Å². The van der Waals surface area contributed by atoms with Crippen LogP contribution < -0.4 is 0 Å². The zero-order valence-corrected chi connectivity index (χ0v) is 8.02. The monoisotopic (exact) mass is 178 g/mol. The maximum Gasteiger partial charge on any atom is 0.126 e. The van der Waals surface area contributed by atoms with Gasteiger partial charge in [0.25, 0.3) is 0 Å². The molecular formula is C12H15F. The number of rotatable bonds is 4. The maximum atomic E-state index is 13.1. The molecule has 0 nitrogen and oxygen atoms in total. The van der Waals surface area contributed by atoms with Gasteiger partial charge >= 0.3 is 0 Å². The molecule has 0 saturated heterocycles. The lowest BCUT2D eigenvalue weighted by atomic mass is 10.1. The quantitative estimate of drug-likeness (QED) is 0.616. The number of benzene rings is 1. The summed E-state index contributed by atoms with van der Waals surface area (Å²) in [5.41, 5.74) is 1.97. The van der Waals surface area contributed by atoms with Crippen LogP contribution in [0.4, 0.5) is 4.39 Å². The Labute approximate surface area is 79.1 Å². The van der Waals surface area contributed by atoms with Gasteiger partial charge in [-0.1, -0.05) is 23.8 Å². The zero-order chi connectivity index (χ0) is 9.68. The van der Waals surface area contributed by atoms with E-state index in [-0.39, 0.29) is 5.82 Å². The van der Waals surface area contributed by atoms with Crippen LogP contribution in [0.2, 0.25) is 0 Å². The van der Waals surface area contributed by atoms with Gasteiger partial charge in [0.2, 0.25) is 0 Å². The first kappa shape index (κ1) is 9.97. The molecule has 1 aromatic carbocycles. The van der Waals surface area contributed by atoms with E-state index in [1.54, 1.807) is 6.07 Å². The van der Waals surface area contributed by atoms with E-state index in [1.165, 1.54) is 6.07 Å². The van der Waals surface area contributed by atoms with Crippen LogP contribution in [0.1, 0.15) is 25.3 Å². The van der Waals surface area contributed by atoms with Gasteiger partial charge in [0.15, 0.2) is 0 Å². The molecule has 0 unspecified atom stereocenters. The molecule has 1 rings (SSSR count). The van der Waals surface area contributed by atoms with Gasteiger partial charge in [-0.3, -0.25) is 0 Å². The van der Waals surface area contributed by atoms with Crippen molar-refractivity contribution in [2.75, 3.05) is 0 Å². The van der Waals surface area contributed by atoms with Gasteiger partial charge in [0.1, 0.15) is 5.82 Å². The zero-order valence-electron chi connectivity index (χ0n) is 8.02. The number of hydrogen-bond donors (Lipinski definition) is 0. The predicted molar refractivity (Wildman–Crippen MR) is 54.2 cm³/mol. The largest absolute Gasteiger partial charge is 0.207 e. The van der Waals surface area contributed by atoms with Crippen LogP contribution in [0.25, 0.3) is 0 Å². The lowest BCUT2D eigenvalue weighted by Gasteiger charge is -2.02. The predicted octanol–water partition coefficient (Wildman–Crippen LogP) is 3.72. The number of halogens is 1. The summed E-state index contributed by atoms with van der Waals surface area (Å²) in [5, 5.41) is 0. The Bertz CT molecular complexity index is 289. The molecule has 0 aliphatic heterocycles. The van der Waals surface area contributed by atoms with Crippen molar-refractivity contribution in [1.82, 2.24) is 0 Å². The third kappa shape index (κ3) is 3.41. The lowest BCUT2D eigenvalue weighted by Crippen LogP contribution is -1.90. The highest BCUT2D eigenvalue weighted by Gasteiger charge is 1.99. The maximum absolute atomic E-state index is 13.1. The molecule has 1 heteroatoms. The first-order valence-corrected chi connectivity index (χ1v) is 4.58. The van der Waals surface area contributed by atoms with Crippen molar-refractivity contribution in [3.8, 4) is 0 Å². The van der Waals surface area contributed by atoms with Gasteiger partial charge in [-0.25, -0.2) is 4.39 Å². The second-order valence-corrected chi connectivity index (χ2v) is 3.40. The second-order valence-electron chi connectivity index (χ2n) is 3.40. The van der Waals surface area contributed by atoms with Crippen LogP contribution in [-0.2, 0) is 6.42 Å². The smallest absolute Gasteiger partial charge is 0.126 e. The van der Waals surface area contributed by atoms with E-state index in [2.05, 4.69) is 6.58 Å². The Balaban J connectivity index is 2.45. The summed E-state index contributed by atoms with van der Waals surface area (Å²) in [6, 6.07) is 6.95. The molecule has 0 spiro atoms. The minimum absolute atomic E-state index is 0.0933. The highest BCUT2D eigenvalue weighted by atomic mass is 19.1. The Morgan fingerprint density at radius 3 is 2.69 bits per heavy atom. The molecule has 0 bridgehead atoms. The summed E-state index contributed by atoms with van der Waals surface area (Å²) in [4.78, 5) is 0. The molecule has 70 valence electrons. The first-order chi connectivity index (χ1) is 6.20. The van der Waals surface area contributed by atoms with Crippen molar-refractivity contribution in [2.24, 2.45) is 0 Å². The van der Waals surface area contributed by atoms with Crippen molar-refractivity contribution in [3.63, 3.8) is 0 Å². The van der Waals surface area contributed by atoms with Crippen molar-refractivity contribution < 1.29 is 4.39 Å². The van der Waals surface area contributed by atoms with Gasteiger partial charge in [-0.2, -0.15) is 0 Å². The van der Waals surface area contributed by atoms with Crippen molar-refractivity contribution >= 4 is 0 Å². The summed E-state index contributed by atoms with van der Waals surface area (Å²) in [7, 11) is 0. The lowest BCUT2D eigenvalue weighted by molar-refractivity contribution is 0.604. The van der Waals surface area contributed by atoms with Crippen LogP contribution in [0.3, 0.4) is 0 Å². The van der Waals surface area contributed by atoms with E-state index in [1.807, 2.05) is 19.1 Å². The summed E-state index contributed by atoms with van der Waals surface area (Å²) in [6.07, 6.45) is 2.77. The van der Waals surface area contributed by atoms with E-state index < -0.39 is 0 Å². The van der Waals surface area contributed by atoms with Crippen LogP contribution in [-0.4, -0.2) is 0 Å². The summed E-state index contributed by atoms with van der Waals surface area (Å²) < 4.78 is 13.1. The second kappa shape index (κ2) is 4.80. The van der Waals surface area contributed by atoms with E-state index in [4.69, 9.17) is 0 Å². The fourth-order valence-electron chi connectivity index (χ4n) is 1.28. The molecule has 0 atom stereocenters. The Morgan fingerprint density at radius 1 is 1.38 bits per heavy atom. The van der Waals surface area contributed by atoms with E-state index in [9.17, 15) is 4.39 Å².